The molecule has 0 unspecified atom stereocenters. The minimum Gasteiger partial charge on any atom is -0.192 e. The van der Waals surface area contributed by atoms with E-state index in [1.165, 1.54) is 0 Å². The number of halogens is 1. The Bertz CT molecular complexity index is 624. The first-order valence-corrected chi connectivity index (χ1v) is 5.85. The van der Waals surface area contributed by atoms with E-state index in [4.69, 9.17) is 5.26 Å². The van der Waals surface area contributed by atoms with Crippen molar-refractivity contribution in [2.45, 2.75) is 0 Å². The van der Waals surface area contributed by atoms with Crippen molar-refractivity contribution in [1.82, 2.24) is 0 Å². The predicted molar refractivity (Wildman–Crippen MR) is 71.3 cm³/mol. The van der Waals surface area contributed by atoms with Crippen LogP contribution in [0, 0.1) is 23.2 Å². The van der Waals surface area contributed by atoms with Crippen LogP contribution >= 0.6 is 15.9 Å². The second-order valence-corrected chi connectivity index (χ2v) is 4.33. The van der Waals surface area contributed by atoms with Gasteiger partial charge in [-0.1, -0.05) is 39.9 Å². The highest BCUT2D eigenvalue weighted by molar-refractivity contribution is 9.10. The molecule has 0 amide bonds. The van der Waals surface area contributed by atoms with Crippen LogP contribution in [0.25, 0.3) is 0 Å². The maximum Gasteiger partial charge on any atom is 0.100 e. The summed E-state index contributed by atoms with van der Waals surface area (Å²) in [7, 11) is 0. The molecule has 0 fully saturated rings. The molecule has 2 rings (SSSR count). The Morgan fingerprint density at radius 2 is 1.47 bits per heavy atom. The van der Waals surface area contributed by atoms with E-state index in [0.29, 0.717) is 5.56 Å². The summed E-state index contributed by atoms with van der Waals surface area (Å²) >= 11 is 3.37. The van der Waals surface area contributed by atoms with Crippen LogP contribution < -0.4 is 0 Å². The molecule has 1 nitrogen and oxygen atoms in total. The number of hydrogen-bond acceptors (Lipinski definition) is 1. The van der Waals surface area contributed by atoms with Gasteiger partial charge in [0.05, 0.1) is 5.56 Å². The average Bonchev–Trinajstić information content (AvgIpc) is 2.38. The van der Waals surface area contributed by atoms with Gasteiger partial charge in [-0.05, 0) is 36.4 Å². The van der Waals surface area contributed by atoms with E-state index in [1.54, 1.807) is 6.07 Å². The van der Waals surface area contributed by atoms with Gasteiger partial charge < -0.3 is 0 Å². The van der Waals surface area contributed by atoms with Crippen LogP contribution in [0.15, 0.2) is 53.0 Å². The lowest BCUT2D eigenvalue weighted by molar-refractivity contribution is 1.47. The molecule has 80 valence electrons. The highest BCUT2D eigenvalue weighted by Crippen LogP contribution is 2.10. The summed E-state index contributed by atoms with van der Waals surface area (Å²) in [6, 6.07) is 17.2. The molecule has 0 spiro atoms. The standard InChI is InChI=1S/C15H8BrN/c16-15-9-6-12(7-10-15)5-8-13-3-1-2-4-14(13)11-17/h1-4,6-7,9-10H. The third-order valence-corrected chi connectivity index (χ3v) is 2.76. The molecule has 0 atom stereocenters. The summed E-state index contributed by atoms with van der Waals surface area (Å²) < 4.78 is 1.03. The summed E-state index contributed by atoms with van der Waals surface area (Å²) in [5.41, 5.74) is 2.30. The van der Waals surface area contributed by atoms with Crippen LogP contribution in [0.4, 0.5) is 0 Å². The second kappa shape index (κ2) is 5.34. The molecule has 0 aliphatic heterocycles. The minimum absolute atomic E-state index is 0.608. The number of rotatable bonds is 0. The van der Waals surface area contributed by atoms with Gasteiger partial charge in [-0.15, -0.1) is 0 Å². The van der Waals surface area contributed by atoms with Crippen molar-refractivity contribution in [2.24, 2.45) is 0 Å². The zero-order valence-corrected chi connectivity index (χ0v) is 10.5. The van der Waals surface area contributed by atoms with E-state index in [9.17, 15) is 0 Å². The summed E-state index contributed by atoms with van der Waals surface area (Å²) in [4.78, 5) is 0. The summed E-state index contributed by atoms with van der Waals surface area (Å²) in [5, 5.41) is 8.93. The third kappa shape index (κ3) is 2.97. The average molecular weight is 282 g/mol. The molecular weight excluding hydrogens is 274 g/mol. The van der Waals surface area contributed by atoms with Gasteiger partial charge in [0.1, 0.15) is 6.07 Å². The van der Waals surface area contributed by atoms with E-state index < -0.39 is 0 Å². The van der Waals surface area contributed by atoms with Gasteiger partial charge in [-0.25, -0.2) is 0 Å². The molecule has 0 aromatic heterocycles. The van der Waals surface area contributed by atoms with E-state index in [1.807, 2.05) is 42.5 Å². The van der Waals surface area contributed by atoms with Crippen molar-refractivity contribution >= 4 is 15.9 Å². The Kier molecular flexibility index (Phi) is 3.60. The fraction of sp³-hybridized carbons (Fsp3) is 0. The van der Waals surface area contributed by atoms with Crippen LogP contribution in [0.3, 0.4) is 0 Å². The maximum absolute atomic E-state index is 8.93. The van der Waals surface area contributed by atoms with Gasteiger partial charge in [0.25, 0.3) is 0 Å². The van der Waals surface area contributed by atoms with E-state index >= 15 is 0 Å². The lowest BCUT2D eigenvalue weighted by atomic mass is 10.1. The predicted octanol–water partition coefficient (Wildman–Crippen LogP) is 3.72. The SMILES string of the molecule is N#Cc1ccccc1C#Cc1ccc(Br)cc1. The fourth-order valence-electron chi connectivity index (χ4n) is 1.36. The van der Waals surface area contributed by atoms with Crippen LogP contribution in [0.1, 0.15) is 16.7 Å². The second-order valence-electron chi connectivity index (χ2n) is 3.41. The molecule has 0 heterocycles. The number of nitrogens with zero attached hydrogens (tertiary/aromatic N) is 1. The first-order chi connectivity index (χ1) is 8.29. The third-order valence-electron chi connectivity index (χ3n) is 2.23. The van der Waals surface area contributed by atoms with Crippen molar-refractivity contribution in [3.8, 4) is 17.9 Å². The molecule has 0 radical (unpaired) electrons. The van der Waals surface area contributed by atoms with Crippen molar-refractivity contribution in [1.29, 1.82) is 5.26 Å². The number of benzene rings is 2. The van der Waals surface area contributed by atoms with Gasteiger partial charge in [0, 0.05) is 15.6 Å². The van der Waals surface area contributed by atoms with Crippen LogP contribution in [0.5, 0.6) is 0 Å². The Morgan fingerprint density at radius 3 is 2.12 bits per heavy atom. The van der Waals surface area contributed by atoms with Crippen molar-refractivity contribution in [3.63, 3.8) is 0 Å². The molecule has 2 aromatic rings. The van der Waals surface area contributed by atoms with Gasteiger partial charge in [0.15, 0.2) is 0 Å². The topological polar surface area (TPSA) is 23.8 Å². The minimum atomic E-state index is 0.608. The molecule has 0 aliphatic carbocycles. The Balaban J connectivity index is 2.33. The van der Waals surface area contributed by atoms with Gasteiger partial charge in [-0.2, -0.15) is 5.26 Å². The zero-order valence-electron chi connectivity index (χ0n) is 8.94. The van der Waals surface area contributed by atoms with Crippen molar-refractivity contribution in [3.05, 3.63) is 69.7 Å². The molecule has 0 bridgehead atoms. The summed E-state index contributed by atoms with van der Waals surface area (Å²) in [5.74, 6) is 6.05. The molecule has 2 aromatic carbocycles. The van der Waals surface area contributed by atoms with Crippen molar-refractivity contribution in [2.75, 3.05) is 0 Å². The molecule has 17 heavy (non-hydrogen) atoms. The quantitative estimate of drug-likeness (QED) is 0.675. The molecule has 0 saturated carbocycles. The summed E-state index contributed by atoms with van der Waals surface area (Å²) in [6.07, 6.45) is 0. The van der Waals surface area contributed by atoms with Crippen molar-refractivity contribution < 1.29 is 0 Å². The number of nitriles is 1. The van der Waals surface area contributed by atoms with Crippen LogP contribution in [-0.4, -0.2) is 0 Å². The monoisotopic (exact) mass is 281 g/mol. The fourth-order valence-corrected chi connectivity index (χ4v) is 1.63. The van der Waals surface area contributed by atoms with E-state index in [2.05, 4.69) is 33.8 Å². The lowest BCUT2D eigenvalue weighted by Gasteiger charge is -1.93. The van der Waals surface area contributed by atoms with Gasteiger partial charge in [-0.3, -0.25) is 0 Å². The molecule has 2 heteroatoms. The maximum atomic E-state index is 8.93. The first-order valence-electron chi connectivity index (χ1n) is 5.06. The smallest absolute Gasteiger partial charge is 0.100 e. The zero-order chi connectivity index (χ0) is 12.1. The molecule has 0 aliphatic rings. The highest BCUT2D eigenvalue weighted by atomic mass is 79.9. The lowest BCUT2D eigenvalue weighted by Crippen LogP contribution is -1.82. The largest absolute Gasteiger partial charge is 0.192 e. The Morgan fingerprint density at radius 1 is 0.824 bits per heavy atom. The van der Waals surface area contributed by atoms with Crippen LogP contribution in [-0.2, 0) is 0 Å². The normalized spacial score (nSPS) is 8.94. The van der Waals surface area contributed by atoms with E-state index in [0.717, 1.165) is 15.6 Å². The molecular formula is C15H8BrN. The Labute approximate surface area is 109 Å². The highest BCUT2D eigenvalue weighted by Gasteiger charge is 1.95. The summed E-state index contributed by atoms with van der Waals surface area (Å²) in [6.45, 7) is 0. The Hall–Kier alpha value is -2.03. The number of hydrogen-bond donors (Lipinski definition) is 0. The van der Waals surface area contributed by atoms with Crippen LogP contribution in [0.2, 0.25) is 0 Å². The van der Waals surface area contributed by atoms with Gasteiger partial charge in [0.2, 0.25) is 0 Å². The van der Waals surface area contributed by atoms with Gasteiger partial charge >= 0.3 is 0 Å². The molecule has 0 N–H and O–H groups in total. The first kappa shape index (κ1) is 11.5. The van der Waals surface area contributed by atoms with E-state index in [-0.39, 0.29) is 0 Å². The molecule has 0 saturated heterocycles.